The highest BCUT2D eigenvalue weighted by atomic mass is 16.5. The van der Waals surface area contributed by atoms with Crippen LogP contribution in [0.1, 0.15) is 51.9 Å². The molecule has 2 fully saturated rings. The maximum absolute atomic E-state index is 10.2. The summed E-state index contributed by atoms with van der Waals surface area (Å²) in [6, 6.07) is 8.00. The number of aromatic hydroxyl groups is 1. The average molecular weight is 360 g/mol. The molecule has 1 aliphatic carbocycles. The quantitative estimate of drug-likeness (QED) is 0.345. The van der Waals surface area contributed by atoms with Gasteiger partial charge in [-0.25, -0.2) is 0 Å². The van der Waals surface area contributed by atoms with Crippen molar-refractivity contribution in [3.05, 3.63) is 24.3 Å². The number of benzene rings is 1. The molecule has 2 aliphatic rings. The highest BCUT2D eigenvalue weighted by Crippen LogP contribution is 2.36. The normalized spacial score (nSPS) is 23.6. The van der Waals surface area contributed by atoms with Crippen LogP contribution in [0.25, 0.3) is 0 Å². The van der Waals surface area contributed by atoms with Crippen LogP contribution in [0.5, 0.6) is 5.75 Å². The van der Waals surface area contributed by atoms with E-state index in [2.05, 4.69) is 10.2 Å². The number of phenols is 1. The van der Waals surface area contributed by atoms with Crippen LogP contribution >= 0.6 is 0 Å². The standard InChI is InChI=1S/C21H33N3O2/c1-2-26-16-8-14-22-21(23-18-11-4-6-13-20(18)25)24-15-7-10-17-9-3-5-12-19(17)24/h4,6,11,13,17,19,25H,2-3,5,7-10,12,14-16H2,1H3,(H,22,23). The van der Waals surface area contributed by atoms with Crippen molar-refractivity contribution in [2.45, 2.75) is 57.9 Å². The van der Waals surface area contributed by atoms with Crippen molar-refractivity contribution in [2.75, 3.05) is 31.6 Å². The van der Waals surface area contributed by atoms with E-state index >= 15 is 0 Å². The molecule has 0 amide bonds. The third-order valence-corrected chi connectivity index (χ3v) is 5.58. The van der Waals surface area contributed by atoms with Crippen LogP contribution in [0.2, 0.25) is 0 Å². The second-order valence-electron chi connectivity index (χ2n) is 7.35. The van der Waals surface area contributed by atoms with Crippen LogP contribution in [-0.4, -0.2) is 48.3 Å². The fraction of sp³-hybridized carbons (Fsp3) is 0.667. The number of para-hydroxylation sites is 2. The molecule has 26 heavy (non-hydrogen) atoms. The summed E-state index contributed by atoms with van der Waals surface area (Å²) in [6.07, 6.45) is 8.76. The number of aliphatic imine (C=N–C) groups is 1. The molecule has 0 spiro atoms. The number of likely N-dealkylation sites (tertiary alicyclic amines) is 1. The first kappa shape index (κ1) is 19.0. The molecule has 0 bridgehead atoms. The van der Waals surface area contributed by atoms with Crippen LogP contribution < -0.4 is 5.32 Å². The van der Waals surface area contributed by atoms with Gasteiger partial charge in [0.1, 0.15) is 5.75 Å². The molecule has 1 aliphatic heterocycles. The molecule has 5 nitrogen and oxygen atoms in total. The van der Waals surface area contributed by atoms with Gasteiger partial charge < -0.3 is 20.1 Å². The van der Waals surface area contributed by atoms with E-state index in [1.165, 1.54) is 38.5 Å². The zero-order valence-corrected chi connectivity index (χ0v) is 16.0. The zero-order valence-electron chi connectivity index (χ0n) is 16.0. The monoisotopic (exact) mass is 359 g/mol. The van der Waals surface area contributed by atoms with Crippen LogP contribution in [0.4, 0.5) is 5.69 Å². The SMILES string of the molecule is CCOCCCN=C(Nc1ccccc1O)N1CCCC2CCCCC21. The molecule has 1 saturated carbocycles. The fourth-order valence-electron chi connectivity index (χ4n) is 4.29. The second kappa shape index (κ2) is 9.81. The number of anilines is 1. The van der Waals surface area contributed by atoms with Crippen molar-refractivity contribution in [1.82, 2.24) is 4.90 Å². The first-order valence-electron chi connectivity index (χ1n) is 10.2. The predicted octanol–water partition coefficient (Wildman–Crippen LogP) is 4.24. The molecule has 1 saturated heterocycles. The van der Waals surface area contributed by atoms with Gasteiger partial charge in [-0.15, -0.1) is 0 Å². The summed E-state index contributed by atoms with van der Waals surface area (Å²) in [5.74, 6) is 1.98. The van der Waals surface area contributed by atoms with Gasteiger partial charge in [-0.3, -0.25) is 4.99 Å². The van der Waals surface area contributed by atoms with Crippen molar-refractivity contribution in [3.63, 3.8) is 0 Å². The number of phenolic OH excluding ortho intramolecular Hbond substituents is 1. The summed E-state index contributed by atoms with van der Waals surface area (Å²) in [6.45, 7) is 5.31. The number of fused-ring (bicyclic) bond motifs is 1. The number of rotatable bonds is 6. The molecule has 5 heteroatoms. The number of nitrogens with zero attached hydrogens (tertiary/aromatic N) is 2. The minimum absolute atomic E-state index is 0.270. The number of hydrogen-bond acceptors (Lipinski definition) is 3. The summed E-state index contributed by atoms with van der Waals surface area (Å²) < 4.78 is 5.44. The van der Waals surface area contributed by atoms with E-state index in [9.17, 15) is 5.11 Å². The predicted molar refractivity (Wildman–Crippen MR) is 107 cm³/mol. The van der Waals surface area contributed by atoms with E-state index < -0.39 is 0 Å². The van der Waals surface area contributed by atoms with E-state index in [0.717, 1.165) is 50.3 Å². The van der Waals surface area contributed by atoms with Gasteiger partial charge in [0, 0.05) is 32.3 Å². The molecular formula is C21H33N3O2. The molecule has 3 rings (SSSR count). The van der Waals surface area contributed by atoms with Gasteiger partial charge in [0.15, 0.2) is 5.96 Å². The smallest absolute Gasteiger partial charge is 0.198 e. The Bertz CT molecular complexity index is 588. The molecule has 144 valence electrons. The van der Waals surface area contributed by atoms with Crippen LogP contribution in [0.15, 0.2) is 29.3 Å². The summed E-state index contributed by atoms with van der Waals surface area (Å²) in [5.41, 5.74) is 0.731. The summed E-state index contributed by atoms with van der Waals surface area (Å²) in [5, 5.41) is 13.6. The highest BCUT2D eigenvalue weighted by molar-refractivity contribution is 5.95. The zero-order chi connectivity index (χ0) is 18.2. The van der Waals surface area contributed by atoms with E-state index in [1.807, 2.05) is 25.1 Å². The van der Waals surface area contributed by atoms with Crippen LogP contribution in [-0.2, 0) is 4.74 Å². The molecule has 2 unspecified atom stereocenters. The number of piperidine rings is 1. The lowest BCUT2D eigenvalue weighted by atomic mass is 9.78. The first-order valence-corrected chi connectivity index (χ1v) is 10.2. The topological polar surface area (TPSA) is 57.1 Å². The van der Waals surface area contributed by atoms with Gasteiger partial charge in [-0.1, -0.05) is 25.0 Å². The Morgan fingerprint density at radius 1 is 1.23 bits per heavy atom. The Balaban J connectivity index is 1.75. The van der Waals surface area contributed by atoms with Gasteiger partial charge in [-0.05, 0) is 57.1 Å². The summed E-state index contributed by atoms with van der Waals surface area (Å²) in [7, 11) is 0. The lowest BCUT2D eigenvalue weighted by Crippen LogP contribution is -2.52. The number of hydrogen-bond donors (Lipinski definition) is 2. The Morgan fingerprint density at radius 2 is 2.04 bits per heavy atom. The number of ether oxygens (including phenoxy) is 1. The summed E-state index contributed by atoms with van der Waals surface area (Å²) >= 11 is 0. The second-order valence-corrected chi connectivity index (χ2v) is 7.35. The van der Waals surface area contributed by atoms with Crippen molar-refractivity contribution >= 4 is 11.6 Å². The lowest BCUT2D eigenvalue weighted by molar-refractivity contribution is 0.118. The largest absolute Gasteiger partial charge is 0.506 e. The van der Waals surface area contributed by atoms with E-state index in [0.29, 0.717) is 6.04 Å². The first-order chi connectivity index (χ1) is 12.8. The van der Waals surface area contributed by atoms with Crippen LogP contribution in [0.3, 0.4) is 0 Å². The van der Waals surface area contributed by atoms with Gasteiger partial charge >= 0.3 is 0 Å². The van der Waals surface area contributed by atoms with E-state index in [4.69, 9.17) is 9.73 Å². The van der Waals surface area contributed by atoms with Gasteiger partial charge in [0.25, 0.3) is 0 Å². The molecule has 1 aromatic carbocycles. The van der Waals surface area contributed by atoms with Crippen LogP contribution in [0, 0.1) is 5.92 Å². The minimum Gasteiger partial charge on any atom is -0.506 e. The Labute approximate surface area is 157 Å². The van der Waals surface area contributed by atoms with Crippen molar-refractivity contribution < 1.29 is 9.84 Å². The maximum Gasteiger partial charge on any atom is 0.198 e. The minimum atomic E-state index is 0.270. The number of nitrogens with one attached hydrogen (secondary N) is 1. The van der Waals surface area contributed by atoms with E-state index in [1.54, 1.807) is 6.07 Å². The van der Waals surface area contributed by atoms with E-state index in [-0.39, 0.29) is 5.75 Å². The Morgan fingerprint density at radius 3 is 2.88 bits per heavy atom. The fourth-order valence-corrected chi connectivity index (χ4v) is 4.29. The Hall–Kier alpha value is -1.75. The summed E-state index contributed by atoms with van der Waals surface area (Å²) in [4.78, 5) is 7.36. The molecule has 1 heterocycles. The molecule has 0 radical (unpaired) electrons. The molecule has 2 atom stereocenters. The Kier molecular flexibility index (Phi) is 7.18. The molecule has 2 N–H and O–H groups in total. The van der Waals surface area contributed by atoms with Gasteiger partial charge in [-0.2, -0.15) is 0 Å². The van der Waals surface area contributed by atoms with Crippen molar-refractivity contribution in [3.8, 4) is 5.75 Å². The molecule has 1 aromatic rings. The van der Waals surface area contributed by atoms with Crippen molar-refractivity contribution in [2.24, 2.45) is 10.9 Å². The third kappa shape index (κ3) is 4.91. The molecular weight excluding hydrogens is 326 g/mol. The molecule has 0 aromatic heterocycles. The third-order valence-electron chi connectivity index (χ3n) is 5.58. The van der Waals surface area contributed by atoms with Gasteiger partial charge in [0.2, 0.25) is 0 Å². The van der Waals surface area contributed by atoms with Crippen molar-refractivity contribution in [1.29, 1.82) is 0 Å². The van der Waals surface area contributed by atoms with Gasteiger partial charge in [0.05, 0.1) is 5.69 Å². The lowest BCUT2D eigenvalue weighted by Gasteiger charge is -2.45. The highest BCUT2D eigenvalue weighted by Gasteiger charge is 2.35. The number of guanidine groups is 1. The maximum atomic E-state index is 10.2. The average Bonchev–Trinajstić information content (AvgIpc) is 2.68.